The van der Waals surface area contributed by atoms with Gasteiger partial charge in [0, 0.05) is 0 Å². The van der Waals surface area contributed by atoms with E-state index in [9.17, 15) is 9.59 Å². The minimum atomic E-state index is -1.08. The molecule has 1 rings (SSSR count). The second-order valence-electron chi connectivity index (χ2n) is 4.37. The van der Waals surface area contributed by atoms with Crippen molar-refractivity contribution in [1.82, 2.24) is 0 Å². The van der Waals surface area contributed by atoms with Crippen molar-refractivity contribution >= 4 is 11.9 Å². The highest BCUT2D eigenvalue weighted by Crippen LogP contribution is 2.19. The fourth-order valence-corrected chi connectivity index (χ4v) is 1.69. The highest BCUT2D eigenvalue weighted by Gasteiger charge is 2.17. The van der Waals surface area contributed by atoms with E-state index in [2.05, 4.69) is 0 Å². The molecular weight excluding hydrogens is 220 g/mol. The van der Waals surface area contributed by atoms with Crippen LogP contribution in [0.25, 0.3) is 0 Å². The van der Waals surface area contributed by atoms with Gasteiger partial charge in [-0.15, -0.1) is 0 Å². The van der Waals surface area contributed by atoms with Gasteiger partial charge in [-0.05, 0) is 36.5 Å². The van der Waals surface area contributed by atoms with Crippen molar-refractivity contribution in [3.05, 3.63) is 34.9 Å². The fraction of sp³-hybridized carbons (Fsp3) is 0.385. The van der Waals surface area contributed by atoms with E-state index in [1.54, 1.807) is 0 Å². The number of rotatable bonds is 5. The molecule has 92 valence electrons. The second-order valence-corrected chi connectivity index (χ2v) is 4.37. The van der Waals surface area contributed by atoms with Gasteiger partial charge in [-0.1, -0.05) is 19.9 Å². The number of hydrogen-bond donors (Lipinski definition) is 2. The number of carboxylic acids is 2. The maximum absolute atomic E-state index is 11.0. The van der Waals surface area contributed by atoms with Crippen LogP contribution in [0.1, 0.15) is 46.5 Å². The summed E-state index contributed by atoms with van der Waals surface area (Å²) in [5, 5.41) is 18.1. The van der Waals surface area contributed by atoms with Crippen LogP contribution in [0.5, 0.6) is 0 Å². The average molecular weight is 236 g/mol. The first-order valence-corrected chi connectivity index (χ1v) is 5.52. The zero-order valence-corrected chi connectivity index (χ0v) is 9.93. The highest BCUT2D eigenvalue weighted by molar-refractivity contribution is 5.96. The largest absolute Gasteiger partial charge is 0.478 e. The molecule has 4 nitrogen and oxygen atoms in total. The molecule has 0 heterocycles. The Kier molecular flexibility index (Phi) is 4.26. The van der Waals surface area contributed by atoms with E-state index in [1.165, 1.54) is 18.2 Å². The minimum Gasteiger partial charge on any atom is -0.478 e. The summed E-state index contributed by atoms with van der Waals surface area (Å²) in [5.74, 6) is -1.75. The molecule has 0 atom stereocenters. The lowest BCUT2D eigenvalue weighted by Gasteiger charge is -2.11. The second kappa shape index (κ2) is 5.48. The SMILES string of the molecule is CC(C)CCc1c(C(=O)O)cccc1C(=O)O. The summed E-state index contributed by atoms with van der Waals surface area (Å²) in [6.45, 7) is 4.04. The van der Waals surface area contributed by atoms with Crippen LogP contribution in [-0.4, -0.2) is 22.2 Å². The Morgan fingerprint density at radius 1 is 1.12 bits per heavy atom. The van der Waals surface area contributed by atoms with E-state index in [0.717, 1.165) is 6.42 Å². The molecule has 17 heavy (non-hydrogen) atoms. The van der Waals surface area contributed by atoms with Gasteiger partial charge < -0.3 is 10.2 Å². The number of aromatic carboxylic acids is 2. The molecule has 4 heteroatoms. The van der Waals surface area contributed by atoms with Gasteiger partial charge in [-0.2, -0.15) is 0 Å². The Morgan fingerprint density at radius 2 is 1.59 bits per heavy atom. The summed E-state index contributed by atoms with van der Waals surface area (Å²) in [6.07, 6.45) is 1.24. The third-order valence-electron chi connectivity index (χ3n) is 2.61. The Hall–Kier alpha value is -1.84. The monoisotopic (exact) mass is 236 g/mol. The third kappa shape index (κ3) is 3.31. The summed E-state index contributed by atoms with van der Waals surface area (Å²) < 4.78 is 0. The van der Waals surface area contributed by atoms with Crippen LogP contribution in [0, 0.1) is 5.92 Å². The van der Waals surface area contributed by atoms with E-state index in [1.807, 2.05) is 13.8 Å². The summed E-state index contributed by atoms with van der Waals surface area (Å²) in [5.41, 5.74) is 0.595. The Labute approximate surface area is 99.9 Å². The summed E-state index contributed by atoms with van der Waals surface area (Å²) in [4.78, 5) is 22.1. The van der Waals surface area contributed by atoms with Crippen molar-refractivity contribution in [1.29, 1.82) is 0 Å². The van der Waals surface area contributed by atoms with E-state index >= 15 is 0 Å². The Morgan fingerprint density at radius 3 is 1.94 bits per heavy atom. The quantitative estimate of drug-likeness (QED) is 0.824. The van der Waals surface area contributed by atoms with Crippen molar-refractivity contribution in [3.63, 3.8) is 0 Å². The molecular formula is C13H16O4. The minimum absolute atomic E-state index is 0.0885. The van der Waals surface area contributed by atoms with Gasteiger partial charge in [0.15, 0.2) is 0 Å². The zero-order valence-electron chi connectivity index (χ0n) is 9.93. The van der Waals surface area contributed by atoms with Gasteiger partial charge in [0.25, 0.3) is 0 Å². The van der Waals surface area contributed by atoms with Crippen molar-refractivity contribution in [2.45, 2.75) is 26.7 Å². The van der Waals surface area contributed by atoms with Crippen LogP contribution >= 0.6 is 0 Å². The topological polar surface area (TPSA) is 74.6 Å². The Bertz CT molecular complexity index is 403. The maximum atomic E-state index is 11.0. The van der Waals surface area contributed by atoms with Crippen molar-refractivity contribution in [3.8, 4) is 0 Å². The molecule has 0 spiro atoms. The molecule has 1 aromatic carbocycles. The molecule has 0 amide bonds. The van der Waals surface area contributed by atoms with Crippen molar-refractivity contribution < 1.29 is 19.8 Å². The molecule has 0 aliphatic heterocycles. The van der Waals surface area contributed by atoms with Gasteiger partial charge >= 0.3 is 11.9 Å². The molecule has 2 N–H and O–H groups in total. The van der Waals surface area contributed by atoms with E-state index in [0.29, 0.717) is 17.9 Å². The maximum Gasteiger partial charge on any atom is 0.335 e. The predicted molar refractivity (Wildman–Crippen MR) is 63.5 cm³/mol. The average Bonchev–Trinajstić information content (AvgIpc) is 2.25. The molecule has 0 aromatic heterocycles. The molecule has 0 radical (unpaired) electrons. The number of benzene rings is 1. The lowest BCUT2D eigenvalue weighted by molar-refractivity contribution is 0.0695. The molecule has 0 aliphatic carbocycles. The molecule has 1 aromatic rings. The van der Waals surface area contributed by atoms with Gasteiger partial charge in [-0.3, -0.25) is 0 Å². The first-order valence-electron chi connectivity index (χ1n) is 5.52. The summed E-state index contributed by atoms with van der Waals surface area (Å²) in [6, 6.07) is 4.36. The standard InChI is InChI=1S/C13H16O4/c1-8(2)6-7-9-10(12(14)15)4-3-5-11(9)13(16)17/h3-5,8H,6-7H2,1-2H3,(H,14,15)(H,16,17). The first kappa shape index (κ1) is 13.2. The van der Waals surface area contributed by atoms with Crippen LogP contribution in [0.2, 0.25) is 0 Å². The van der Waals surface area contributed by atoms with Gasteiger partial charge in [0.05, 0.1) is 11.1 Å². The number of carbonyl (C=O) groups is 2. The smallest absolute Gasteiger partial charge is 0.335 e. The van der Waals surface area contributed by atoms with E-state index < -0.39 is 11.9 Å². The summed E-state index contributed by atoms with van der Waals surface area (Å²) in [7, 11) is 0. The van der Waals surface area contributed by atoms with Gasteiger partial charge in [0.1, 0.15) is 0 Å². The highest BCUT2D eigenvalue weighted by atomic mass is 16.4. The lowest BCUT2D eigenvalue weighted by atomic mass is 9.94. The van der Waals surface area contributed by atoms with E-state index in [4.69, 9.17) is 10.2 Å². The molecule has 0 unspecified atom stereocenters. The van der Waals surface area contributed by atoms with Crippen molar-refractivity contribution in [2.24, 2.45) is 5.92 Å². The van der Waals surface area contributed by atoms with Gasteiger partial charge in [0.2, 0.25) is 0 Å². The van der Waals surface area contributed by atoms with Crippen molar-refractivity contribution in [2.75, 3.05) is 0 Å². The Balaban J connectivity index is 3.19. The molecule has 0 fully saturated rings. The molecule has 0 saturated heterocycles. The number of hydrogen-bond acceptors (Lipinski definition) is 2. The van der Waals surface area contributed by atoms with Gasteiger partial charge in [-0.25, -0.2) is 9.59 Å². The molecule has 0 bridgehead atoms. The van der Waals surface area contributed by atoms with Crippen LogP contribution in [0.4, 0.5) is 0 Å². The zero-order chi connectivity index (χ0) is 13.0. The molecule has 0 aliphatic rings. The lowest BCUT2D eigenvalue weighted by Crippen LogP contribution is -2.10. The fourth-order valence-electron chi connectivity index (χ4n) is 1.69. The van der Waals surface area contributed by atoms with Crippen LogP contribution in [0.3, 0.4) is 0 Å². The van der Waals surface area contributed by atoms with E-state index in [-0.39, 0.29) is 11.1 Å². The number of carboxylic acid groups (broad SMARTS) is 2. The summed E-state index contributed by atoms with van der Waals surface area (Å²) >= 11 is 0. The van der Waals surface area contributed by atoms with Crippen LogP contribution < -0.4 is 0 Å². The van der Waals surface area contributed by atoms with Crippen LogP contribution in [-0.2, 0) is 6.42 Å². The van der Waals surface area contributed by atoms with Crippen LogP contribution in [0.15, 0.2) is 18.2 Å². The third-order valence-corrected chi connectivity index (χ3v) is 2.61. The first-order chi connectivity index (χ1) is 7.93. The predicted octanol–water partition coefficient (Wildman–Crippen LogP) is 2.67. The normalized spacial score (nSPS) is 10.5. The molecule has 0 saturated carbocycles.